The number of fused-ring (bicyclic) bond motifs is 1. The lowest BCUT2D eigenvalue weighted by Gasteiger charge is -2.19. The van der Waals surface area contributed by atoms with E-state index in [1.807, 2.05) is 36.1 Å². The number of rotatable bonds is 2. The Hall–Kier alpha value is -1.55. The molecule has 0 amide bonds. The van der Waals surface area contributed by atoms with Crippen LogP contribution in [-0.2, 0) is 11.3 Å². The number of carboxylic acids is 1. The summed E-state index contributed by atoms with van der Waals surface area (Å²) in [5.41, 5.74) is 1.05. The van der Waals surface area contributed by atoms with Gasteiger partial charge in [0.1, 0.15) is 11.9 Å². The molecule has 2 rings (SSSR count). The van der Waals surface area contributed by atoms with Gasteiger partial charge in [0.2, 0.25) is 0 Å². The highest BCUT2D eigenvalue weighted by Gasteiger charge is 2.20. The second-order valence-corrected chi connectivity index (χ2v) is 4.10. The SMILES string of the molecule is CC1CN(CC(=O)O)Cc2ccccc2O1. The fourth-order valence-corrected chi connectivity index (χ4v) is 1.98. The number of benzene rings is 1. The van der Waals surface area contributed by atoms with Crippen molar-refractivity contribution in [1.29, 1.82) is 0 Å². The van der Waals surface area contributed by atoms with Gasteiger partial charge >= 0.3 is 5.97 Å². The summed E-state index contributed by atoms with van der Waals surface area (Å²) in [5, 5.41) is 8.81. The van der Waals surface area contributed by atoms with Crippen LogP contribution in [0.3, 0.4) is 0 Å². The summed E-state index contributed by atoms with van der Waals surface area (Å²) >= 11 is 0. The fraction of sp³-hybridized carbons (Fsp3) is 0.417. The molecular formula is C12H15NO3. The van der Waals surface area contributed by atoms with Crippen molar-refractivity contribution in [2.75, 3.05) is 13.1 Å². The van der Waals surface area contributed by atoms with Crippen LogP contribution in [0.2, 0.25) is 0 Å². The van der Waals surface area contributed by atoms with E-state index in [-0.39, 0.29) is 12.6 Å². The summed E-state index contributed by atoms with van der Waals surface area (Å²) in [5.74, 6) is 0.0643. The molecule has 0 bridgehead atoms. The zero-order valence-electron chi connectivity index (χ0n) is 9.22. The highest BCUT2D eigenvalue weighted by atomic mass is 16.5. The van der Waals surface area contributed by atoms with E-state index >= 15 is 0 Å². The Morgan fingerprint density at radius 3 is 3.06 bits per heavy atom. The van der Waals surface area contributed by atoms with Crippen molar-refractivity contribution in [1.82, 2.24) is 4.90 Å². The van der Waals surface area contributed by atoms with E-state index < -0.39 is 5.97 Å². The van der Waals surface area contributed by atoms with Gasteiger partial charge in [0.15, 0.2) is 0 Å². The van der Waals surface area contributed by atoms with Crippen LogP contribution in [0, 0.1) is 0 Å². The van der Waals surface area contributed by atoms with Crippen molar-refractivity contribution < 1.29 is 14.6 Å². The minimum Gasteiger partial charge on any atom is -0.489 e. The van der Waals surface area contributed by atoms with Crippen LogP contribution in [-0.4, -0.2) is 35.2 Å². The number of hydrogen-bond acceptors (Lipinski definition) is 3. The molecule has 1 aliphatic heterocycles. The minimum absolute atomic E-state index is 0.0167. The Labute approximate surface area is 94.4 Å². The molecular weight excluding hydrogens is 206 g/mol. The zero-order chi connectivity index (χ0) is 11.5. The molecule has 1 aromatic rings. The number of hydrogen-bond donors (Lipinski definition) is 1. The molecule has 1 aliphatic rings. The summed E-state index contributed by atoms with van der Waals surface area (Å²) in [6.07, 6.45) is 0.0167. The smallest absolute Gasteiger partial charge is 0.317 e. The summed E-state index contributed by atoms with van der Waals surface area (Å²) in [7, 11) is 0. The maximum absolute atomic E-state index is 10.7. The number of carboxylic acid groups (broad SMARTS) is 1. The van der Waals surface area contributed by atoms with Gasteiger partial charge in [-0.3, -0.25) is 9.69 Å². The van der Waals surface area contributed by atoms with Crippen LogP contribution < -0.4 is 4.74 Å². The standard InChI is InChI=1S/C12H15NO3/c1-9-6-13(8-12(14)15)7-10-4-2-3-5-11(10)16-9/h2-5,9H,6-8H2,1H3,(H,14,15). The summed E-state index contributed by atoms with van der Waals surface area (Å²) in [6, 6.07) is 7.77. The Morgan fingerprint density at radius 1 is 1.56 bits per heavy atom. The van der Waals surface area contributed by atoms with Crippen LogP contribution in [0.25, 0.3) is 0 Å². The number of carbonyl (C=O) groups is 1. The molecule has 16 heavy (non-hydrogen) atoms. The molecule has 1 aromatic carbocycles. The monoisotopic (exact) mass is 221 g/mol. The molecule has 1 unspecified atom stereocenters. The quantitative estimate of drug-likeness (QED) is 0.819. The van der Waals surface area contributed by atoms with E-state index in [0.29, 0.717) is 13.1 Å². The average Bonchev–Trinajstić information content (AvgIpc) is 2.33. The van der Waals surface area contributed by atoms with Gasteiger partial charge in [0.25, 0.3) is 0 Å². The normalized spacial score (nSPS) is 20.7. The van der Waals surface area contributed by atoms with Crippen molar-refractivity contribution in [2.45, 2.75) is 19.6 Å². The van der Waals surface area contributed by atoms with Gasteiger partial charge in [0, 0.05) is 18.7 Å². The Morgan fingerprint density at radius 2 is 2.31 bits per heavy atom. The molecule has 0 radical (unpaired) electrons. The van der Waals surface area contributed by atoms with Gasteiger partial charge < -0.3 is 9.84 Å². The Balaban J connectivity index is 2.20. The Bertz CT molecular complexity index is 392. The van der Waals surface area contributed by atoms with Crippen molar-refractivity contribution in [3.05, 3.63) is 29.8 Å². The highest BCUT2D eigenvalue weighted by Crippen LogP contribution is 2.24. The van der Waals surface area contributed by atoms with Crippen LogP contribution >= 0.6 is 0 Å². The molecule has 1 N–H and O–H groups in total. The van der Waals surface area contributed by atoms with Gasteiger partial charge in [-0.1, -0.05) is 18.2 Å². The second-order valence-electron chi connectivity index (χ2n) is 4.10. The molecule has 0 spiro atoms. The van der Waals surface area contributed by atoms with Crippen LogP contribution in [0.1, 0.15) is 12.5 Å². The fourth-order valence-electron chi connectivity index (χ4n) is 1.98. The molecule has 0 fully saturated rings. The molecule has 0 saturated carbocycles. The second kappa shape index (κ2) is 4.53. The number of para-hydroxylation sites is 1. The van der Waals surface area contributed by atoms with Gasteiger partial charge in [0.05, 0.1) is 6.54 Å². The first-order valence-electron chi connectivity index (χ1n) is 5.34. The van der Waals surface area contributed by atoms with Crippen molar-refractivity contribution >= 4 is 5.97 Å². The van der Waals surface area contributed by atoms with E-state index in [1.54, 1.807) is 0 Å². The molecule has 0 aromatic heterocycles. The molecule has 4 nitrogen and oxygen atoms in total. The van der Waals surface area contributed by atoms with E-state index in [1.165, 1.54) is 0 Å². The van der Waals surface area contributed by atoms with Crippen molar-refractivity contribution in [3.63, 3.8) is 0 Å². The molecule has 0 saturated heterocycles. The molecule has 1 atom stereocenters. The molecule has 4 heteroatoms. The first-order valence-corrected chi connectivity index (χ1v) is 5.34. The molecule has 0 aliphatic carbocycles. The number of nitrogens with zero attached hydrogens (tertiary/aromatic N) is 1. The zero-order valence-corrected chi connectivity index (χ0v) is 9.22. The molecule has 1 heterocycles. The summed E-state index contributed by atoms with van der Waals surface area (Å²) < 4.78 is 5.73. The van der Waals surface area contributed by atoms with Crippen molar-refractivity contribution in [2.24, 2.45) is 0 Å². The Kier molecular flexibility index (Phi) is 3.10. The van der Waals surface area contributed by atoms with Gasteiger partial charge in [-0.2, -0.15) is 0 Å². The molecule has 86 valence electrons. The number of ether oxygens (including phenoxy) is 1. The van der Waals surface area contributed by atoms with Crippen LogP contribution in [0.15, 0.2) is 24.3 Å². The minimum atomic E-state index is -0.799. The first kappa shape index (κ1) is 11.0. The predicted molar refractivity (Wildman–Crippen MR) is 59.4 cm³/mol. The highest BCUT2D eigenvalue weighted by molar-refractivity contribution is 5.69. The largest absolute Gasteiger partial charge is 0.489 e. The number of aliphatic carboxylic acids is 1. The average molecular weight is 221 g/mol. The maximum Gasteiger partial charge on any atom is 0.317 e. The van der Waals surface area contributed by atoms with E-state index in [2.05, 4.69) is 0 Å². The lowest BCUT2D eigenvalue weighted by Crippen LogP contribution is -2.34. The van der Waals surface area contributed by atoms with Crippen LogP contribution in [0.5, 0.6) is 5.75 Å². The van der Waals surface area contributed by atoms with E-state index in [9.17, 15) is 4.79 Å². The third-order valence-corrected chi connectivity index (χ3v) is 2.57. The third-order valence-electron chi connectivity index (χ3n) is 2.57. The lowest BCUT2D eigenvalue weighted by atomic mass is 10.2. The van der Waals surface area contributed by atoms with Gasteiger partial charge in [-0.05, 0) is 13.0 Å². The first-order chi connectivity index (χ1) is 7.65. The summed E-state index contributed by atoms with van der Waals surface area (Å²) in [6.45, 7) is 3.28. The van der Waals surface area contributed by atoms with Crippen molar-refractivity contribution in [3.8, 4) is 5.75 Å². The predicted octanol–water partition coefficient (Wildman–Crippen LogP) is 1.35. The topological polar surface area (TPSA) is 49.8 Å². The van der Waals surface area contributed by atoms with E-state index in [4.69, 9.17) is 9.84 Å². The van der Waals surface area contributed by atoms with Gasteiger partial charge in [-0.15, -0.1) is 0 Å². The summed E-state index contributed by atoms with van der Waals surface area (Å²) in [4.78, 5) is 12.6. The van der Waals surface area contributed by atoms with Crippen LogP contribution in [0.4, 0.5) is 0 Å². The lowest BCUT2D eigenvalue weighted by molar-refractivity contribution is -0.138. The van der Waals surface area contributed by atoms with Gasteiger partial charge in [-0.25, -0.2) is 0 Å². The third kappa shape index (κ3) is 2.52. The maximum atomic E-state index is 10.7. The van der Waals surface area contributed by atoms with E-state index in [0.717, 1.165) is 11.3 Å².